The summed E-state index contributed by atoms with van der Waals surface area (Å²) in [6.07, 6.45) is 1.60. The standard InChI is InChI=1S/C18H17FN4OS/c19-13-3-5-14(6-4-13)22-7-9-23(10-8-22)18(24)15-12-20-21-17(15)16-2-1-11-25-16/h1-6,11-12H,7-10H2,(H,20,21). The second-order valence-corrected chi connectivity index (χ2v) is 6.84. The molecular formula is C18H17FN4OS. The van der Waals surface area contributed by atoms with Crippen molar-refractivity contribution in [3.8, 4) is 10.6 Å². The Morgan fingerprint density at radius 2 is 1.88 bits per heavy atom. The van der Waals surface area contributed by atoms with E-state index in [-0.39, 0.29) is 11.7 Å². The SMILES string of the molecule is O=C(c1cn[nH]c1-c1cccs1)N1CCN(c2ccc(F)cc2)CC1. The molecule has 1 amide bonds. The third-order valence-electron chi connectivity index (χ3n) is 4.40. The lowest BCUT2D eigenvalue weighted by atomic mass is 10.1. The Hall–Kier alpha value is -2.67. The molecule has 5 nitrogen and oxygen atoms in total. The topological polar surface area (TPSA) is 52.2 Å². The summed E-state index contributed by atoms with van der Waals surface area (Å²) >= 11 is 1.58. The van der Waals surface area contributed by atoms with E-state index >= 15 is 0 Å². The van der Waals surface area contributed by atoms with Gasteiger partial charge in [0.25, 0.3) is 5.91 Å². The minimum absolute atomic E-state index is 0.00379. The van der Waals surface area contributed by atoms with Gasteiger partial charge in [0.15, 0.2) is 0 Å². The van der Waals surface area contributed by atoms with Crippen LogP contribution in [0.1, 0.15) is 10.4 Å². The van der Waals surface area contributed by atoms with Crippen molar-refractivity contribution in [1.29, 1.82) is 0 Å². The van der Waals surface area contributed by atoms with Crippen LogP contribution in [0.15, 0.2) is 48.0 Å². The van der Waals surface area contributed by atoms with Crippen molar-refractivity contribution < 1.29 is 9.18 Å². The summed E-state index contributed by atoms with van der Waals surface area (Å²) in [6, 6.07) is 10.4. The Labute approximate surface area is 148 Å². The average molecular weight is 356 g/mol. The Kier molecular flexibility index (Phi) is 4.23. The van der Waals surface area contributed by atoms with Crippen LogP contribution in [0.2, 0.25) is 0 Å². The van der Waals surface area contributed by atoms with Crippen molar-refractivity contribution in [3.63, 3.8) is 0 Å². The Bertz CT molecular complexity index is 852. The molecule has 7 heteroatoms. The van der Waals surface area contributed by atoms with Crippen LogP contribution in [0.4, 0.5) is 10.1 Å². The number of carbonyl (C=O) groups is 1. The molecule has 128 valence electrons. The monoisotopic (exact) mass is 356 g/mol. The molecule has 0 bridgehead atoms. The number of piperazine rings is 1. The third kappa shape index (κ3) is 3.15. The molecule has 3 aromatic rings. The molecule has 1 fully saturated rings. The quantitative estimate of drug-likeness (QED) is 0.784. The molecule has 2 aromatic heterocycles. The van der Waals surface area contributed by atoms with E-state index < -0.39 is 0 Å². The van der Waals surface area contributed by atoms with Crippen LogP contribution in [-0.2, 0) is 0 Å². The molecule has 1 saturated heterocycles. The molecule has 1 N–H and O–H groups in total. The van der Waals surface area contributed by atoms with Crippen LogP contribution in [0.5, 0.6) is 0 Å². The molecular weight excluding hydrogens is 339 g/mol. The maximum absolute atomic E-state index is 13.1. The first-order valence-corrected chi connectivity index (χ1v) is 8.97. The predicted octanol–water partition coefficient (Wildman–Crippen LogP) is 3.24. The predicted molar refractivity (Wildman–Crippen MR) is 96.4 cm³/mol. The molecule has 0 atom stereocenters. The van der Waals surface area contributed by atoms with Crippen molar-refractivity contribution in [2.75, 3.05) is 31.1 Å². The van der Waals surface area contributed by atoms with Crippen LogP contribution in [-0.4, -0.2) is 47.2 Å². The van der Waals surface area contributed by atoms with Gasteiger partial charge < -0.3 is 9.80 Å². The van der Waals surface area contributed by atoms with Crippen LogP contribution >= 0.6 is 11.3 Å². The lowest BCUT2D eigenvalue weighted by molar-refractivity contribution is 0.0747. The van der Waals surface area contributed by atoms with Gasteiger partial charge in [0.05, 0.1) is 22.3 Å². The summed E-state index contributed by atoms with van der Waals surface area (Å²) in [5.74, 6) is -0.241. The van der Waals surface area contributed by atoms with Crippen LogP contribution in [0.3, 0.4) is 0 Å². The zero-order valence-electron chi connectivity index (χ0n) is 13.5. The molecule has 1 aliphatic heterocycles. The van der Waals surface area contributed by atoms with E-state index in [1.165, 1.54) is 12.1 Å². The molecule has 4 rings (SSSR count). The van der Waals surface area contributed by atoms with E-state index in [2.05, 4.69) is 15.1 Å². The van der Waals surface area contributed by atoms with Crippen LogP contribution < -0.4 is 4.90 Å². The van der Waals surface area contributed by atoms with Gasteiger partial charge in [-0.25, -0.2) is 4.39 Å². The van der Waals surface area contributed by atoms with Crippen molar-refractivity contribution in [1.82, 2.24) is 15.1 Å². The third-order valence-corrected chi connectivity index (χ3v) is 5.28. The summed E-state index contributed by atoms with van der Waals surface area (Å²) in [5.41, 5.74) is 2.37. The first-order chi connectivity index (χ1) is 12.2. The molecule has 0 spiro atoms. The maximum atomic E-state index is 13.1. The lowest BCUT2D eigenvalue weighted by Gasteiger charge is -2.36. The van der Waals surface area contributed by atoms with Gasteiger partial charge in [-0.1, -0.05) is 6.07 Å². The number of aromatic nitrogens is 2. The molecule has 25 heavy (non-hydrogen) atoms. The van der Waals surface area contributed by atoms with Crippen molar-refractivity contribution in [2.24, 2.45) is 0 Å². The largest absolute Gasteiger partial charge is 0.368 e. The summed E-state index contributed by atoms with van der Waals surface area (Å²) in [5, 5.41) is 8.97. The average Bonchev–Trinajstić information content (AvgIpc) is 3.33. The number of nitrogens with one attached hydrogen (secondary N) is 1. The number of anilines is 1. The van der Waals surface area contributed by atoms with Gasteiger partial charge in [-0.15, -0.1) is 11.3 Å². The zero-order chi connectivity index (χ0) is 17.2. The Morgan fingerprint density at radius 3 is 2.56 bits per heavy atom. The molecule has 1 aromatic carbocycles. The number of hydrogen-bond donors (Lipinski definition) is 1. The van der Waals surface area contributed by atoms with E-state index in [1.54, 1.807) is 29.7 Å². The highest BCUT2D eigenvalue weighted by Crippen LogP contribution is 2.27. The summed E-state index contributed by atoms with van der Waals surface area (Å²) in [6.45, 7) is 2.71. The van der Waals surface area contributed by atoms with E-state index in [9.17, 15) is 9.18 Å². The van der Waals surface area contributed by atoms with E-state index in [4.69, 9.17) is 0 Å². The van der Waals surface area contributed by atoms with Gasteiger partial charge in [0, 0.05) is 31.9 Å². The normalized spacial score (nSPS) is 14.8. The van der Waals surface area contributed by atoms with E-state index in [0.29, 0.717) is 18.7 Å². The highest BCUT2D eigenvalue weighted by atomic mass is 32.1. The van der Waals surface area contributed by atoms with Gasteiger partial charge >= 0.3 is 0 Å². The van der Waals surface area contributed by atoms with Gasteiger partial charge in [-0.05, 0) is 35.7 Å². The molecule has 0 aliphatic carbocycles. The minimum atomic E-state index is -0.237. The number of hydrogen-bond acceptors (Lipinski definition) is 4. The number of rotatable bonds is 3. The van der Waals surface area contributed by atoms with E-state index in [1.807, 2.05) is 22.4 Å². The smallest absolute Gasteiger partial charge is 0.257 e. The Balaban J connectivity index is 1.45. The highest BCUT2D eigenvalue weighted by molar-refractivity contribution is 7.13. The second kappa shape index (κ2) is 6.68. The van der Waals surface area contributed by atoms with Gasteiger partial charge in [-0.3, -0.25) is 9.89 Å². The fourth-order valence-corrected chi connectivity index (χ4v) is 3.78. The Morgan fingerprint density at radius 1 is 1.12 bits per heavy atom. The number of H-pyrrole nitrogens is 1. The molecule has 1 aliphatic rings. The number of halogens is 1. The summed E-state index contributed by atoms with van der Waals surface area (Å²) < 4.78 is 13.1. The van der Waals surface area contributed by atoms with Gasteiger partial charge in [-0.2, -0.15) is 5.10 Å². The molecule has 0 unspecified atom stereocenters. The van der Waals surface area contributed by atoms with Gasteiger partial charge in [0.1, 0.15) is 5.82 Å². The first-order valence-electron chi connectivity index (χ1n) is 8.09. The number of amides is 1. The number of thiophene rings is 1. The number of carbonyl (C=O) groups excluding carboxylic acids is 1. The molecule has 3 heterocycles. The summed E-state index contributed by atoms with van der Waals surface area (Å²) in [7, 11) is 0. The van der Waals surface area contributed by atoms with Crippen molar-refractivity contribution in [3.05, 3.63) is 59.4 Å². The molecule has 0 radical (unpaired) electrons. The molecule has 0 saturated carbocycles. The van der Waals surface area contributed by atoms with Crippen molar-refractivity contribution in [2.45, 2.75) is 0 Å². The summed E-state index contributed by atoms with van der Waals surface area (Å²) in [4.78, 5) is 17.9. The number of aromatic amines is 1. The van der Waals surface area contributed by atoms with Crippen LogP contribution in [0, 0.1) is 5.82 Å². The zero-order valence-corrected chi connectivity index (χ0v) is 14.3. The maximum Gasteiger partial charge on any atom is 0.257 e. The van der Waals surface area contributed by atoms with E-state index in [0.717, 1.165) is 29.3 Å². The highest BCUT2D eigenvalue weighted by Gasteiger charge is 2.25. The lowest BCUT2D eigenvalue weighted by Crippen LogP contribution is -2.48. The van der Waals surface area contributed by atoms with Gasteiger partial charge in [0.2, 0.25) is 0 Å². The van der Waals surface area contributed by atoms with Crippen molar-refractivity contribution >= 4 is 22.9 Å². The fraction of sp³-hybridized carbons (Fsp3) is 0.222. The first kappa shape index (κ1) is 15.8. The fourth-order valence-electron chi connectivity index (χ4n) is 3.05. The minimum Gasteiger partial charge on any atom is -0.368 e. The van der Waals surface area contributed by atoms with Crippen LogP contribution in [0.25, 0.3) is 10.6 Å². The number of nitrogens with zero attached hydrogens (tertiary/aromatic N) is 3. The number of benzene rings is 1. The second-order valence-electron chi connectivity index (χ2n) is 5.89.